The van der Waals surface area contributed by atoms with Crippen molar-refractivity contribution in [3.05, 3.63) is 65.7 Å². The van der Waals surface area contributed by atoms with Gasteiger partial charge in [0.15, 0.2) is 0 Å². The number of alkyl halides is 3. The molecule has 0 bridgehead atoms. The lowest BCUT2D eigenvalue weighted by molar-refractivity contribution is -0.144. The molecule has 1 aliphatic rings. The molecule has 1 fully saturated rings. The molecule has 2 heterocycles. The number of carbonyl (C=O) groups is 1. The van der Waals surface area contributed by atoms with Gasteiger partial charge in [-0.05, 0) is 42.5 Å². The Morgan fingerprint density at radius 3 is 2.32 bits per heavy atom. The van der Waals surface area contributed by atoms with E-state index in [1.807, 2.05) is 4.90 Å². The van der Waals surface area contributed by atoms with Gasteiger partial charge in [0.25, 0.3) is 5.91 Å². The van der Waals surface area contributed by atoms with Crippen LogP contribution in [0.15, 0.2) is 53.4 Å². The number of aromatic amines is 1. The van der Waals surface area contributed by atoms with E-state index in [1.165, 1.54) is 34.6 Å². The SMILES string of the molecule is O=C(Nc1n[nH]c(C(F)(F)F)n1)c1cccc(S(=O)(=O)N2CCN(c3ccc(F)cc3)CC2)c1. The second kappa shape index (κ2) is 9.02. The highest BCUT2D eigenvalue weighted by Gasteiger charge is 2.35. The third-order valence-electron chi connectivity index (χ3n) is 5.14. The molecule has 4 rings (SSSR count). The predicted molar refractivity (Wildman–Crippen MR) is 113 cm³/mol. The number of anilines is 2. The summed E-state index contributed by atoms with van der Waals surface area (Å²) in [6.45, 7) is 1.12. The molecule has 34 heavy (non-hydrogen) atoms. The summed E-state index contributed by atoms with van der Waals surface area (Å²) in [7, 11) is -3.94. The molecule has 2 aromatic carbocycles. The first kappa shape index (κ1) is 23.6. The summed E-state index contributed by atoms with van der Waals surface area (Å²) in [5.74, 6) is -3.20. The first-order valence-electron chi connectivity index (χ1n) is 9.96. The fourth-order valence-corrected chi connectivity index (χ4v) is 4.87. The Balaban J connectivity index is 1.44. The van der Waals surface area contributed by atoms with Gasteiger partial charge in [-0.25, -0.2) is 12.8 Å². The third kappa shape index (κ3) is 5.02. The van der Waals surface area contributed by atoms with Gasteiger partial charge in [0.1, 0.15) is 5.82 Å². The van der Waals surface area contributed by atoms with Crippen LogP contribution >= 0.6 is 0 Å². The lowest BCUT2D eigenvalue weighted by Gasteiger charge is -2.35. The highest BCUT2D eigenvalue weighted by Crippen LogP contribution is 2.26. The number of sulfonamides is 1. The standard InChI is InChI=1S/C20H18F4N6O3S/c21-14-4-6-15(7-5-14)29-8-10-30(11-9-29)34(32,33)16-3-1-2-13(12-16)17(31)25-19-26-18(27-28-19)20(22,23)24/h1-7,12H,8-11H2,(H2,25,26,27,28,31). The maximum Gasteiger partial charge on any atom is 0.451 e. The van der Waals surface area contributed by atoms with Crippen molar-refractivity contribution >= 4 is 27.6 Å². The molecule has 0 saturated carbocycles. The van der Waals surface area contributed by atoms with Crippen molar-refractivity contribution in [1.82, 2.24) is 19.5 Å². The molecule has 0 atom stereocenters. The predicted octanol–water partition coefficient (Wildman–Crippen LogP) is 2.73. The van der Waals surface area contributed by atoms with Crippen LogP contribution in [0.25, 0.3) is 0 Å². The van der Waals surface area contributed by atoms with E-state index in [0.29, 0.717) is 13.1 Å². The van der Waals surface area contributed by atoms with Crippen LogP contribution in [0, 0.1) is 5.82 Å². The van der Waals surface area contributed by atoms with E-state index in [-0.39, 0.29) is 29.4 Å². The lowest BCUT2D eigenvalue weighted by atomic mass is 10.2. The van der Waals surface area contributed by atoms with Crippen LogP contribution in [-0.2, 0) is 16.2 Å². The Morgan fingerprint density at radius 2 is 1.71 bits per heavy atom. The molecular formula is C20H18F4N6O3S. The number of piperazine rings is 1. The first-order chi connectivity index (χ1) is 16.0. The summed E-state index contributed by atoms with van der Waals surface area (Å²) < 4.78 is 78.5. The number of H-pyrrole nitrogens is 1. The van der Waals surface area contributed by atoms with E-state index in [1.54, 1.807) is 17.2 Å². The number of hydrogen-bond donors (Lipinski definition) is 2. The largest absolute Gasteiger partial charge is 0.451 e. The second-order valence-electron chi connectivity index (χ2n) is 7.35. The van der Waals surface area contributed by atoms with E-state index in [0.717, 1.165) is 11.8 Å². The maximum atomic E-state index is 13.1. The van der Waals surface area contributed by atoms with E-state index in [9.17, 15) is 30.8 Å². The van der Waals surface area contributed by atoms with Gasteiger partial charge in [-0.15, -0.1) is 5.10 Å². The van der Waals surface area contributed by atoms with Crippen molar-refractivity contribution in [1.29, 1.82) is 0 Å². The molecule has 0 aliphatic carbocycles. The van der Waals surface area contributed by atoms with Gasteiger partial charge in [-0.2, -0.15) is 22.5 Å². The highest BCUT2D eigenvalue weighted by atomic mass is 32.2. The summed E-state index contributed by atoms with van der Waals surface area (Å²) >= 11 is 0. The molecule has 3 aromatic rings. The molecule has 0 spiro atoms. The van der Waals surface area contributed by atoms with Crippen LogP contribution in [0.5, 0.6) is 0 Å². The number of nitrogens with zero attached hydrogens (tertiary/aromatic N) is 4. The number of nitrogens with one attached hydrogen (secondary N) is 2. The van der Waals surface area contributed by atoms with E-state index >= 15 is 0 Å². The Kier molecular flexibility index (Phi) is 6.27. The van der Waals surface area contributed by atoms with Gasteiger partial charge in [0.2, 0.25) is 21.8 Å². The van der Waals surface area contributed by atoms with Gasteiger partial charge in [-0.3, -0.25) is 15.2 Å². The molecule has 1 aromatic heterocycles. The van der Waals surface area contributed by atoms with Crippen LogP contribution in [0.4, 0.5) is 29.2 Å². The summed E-state index contributed by atoms with van der Waals surface area (Å²) in [5.41, 5.74) is 0.683. The average Bonchev–Trinajstić information content (AvgIpc) is 3.29. The minimum Gasteiger partial charge on any atom is -0.369 e. The van der Waals surface area contributed by atoms with Gasteiger partial charge >= 0.3 is 6.18 Å². The van der Waals surface area contributed by atoms with Crippen molar-refractivity contribution in [2.45, 2.75) is 11.1 Å². The molecule has 1 amide bonds. The van der Waals surface area contributed by atoms with Crippen molar-refractivity contribution in [2.24, 2.45) is 0 Å². The Bertz CT molecular complexity index is 1290. The van der Waals surface area contributed by atoms with Gasteiger partial charge in [-0.1, -0.05) is 6.07 Å². The van der Waals surface area contributed by atoms with Crippen LogP contribution in [0.3, 0.4) is 0 Å². The fourth-order valence-electron chi connectivity index (χ4n) is 3.40. The lowest BCUT2D eigenvalue weighted by Crippen LogP contribution is -2.48. The summed E-state index contributed by atoms with van der Waals surface area (Å²) in [4.78, 5) is 17.4. The molecule has 14 heteroatoms. The smallest absolute Gasteiger partial charge is 0.369 e. The van der Waals surface area contributed by atoms with Crippen LogP contribution in [0.2, 0.25) is 0 Å². The fraction of sp³-hybridized carbons (Fsp3) is 0.250. The molecule has 0 unspecified atom stereocenters. The average molecular weight is 498 g/mol. The van der Waals surface area contributed by atoms with Gasteiger partial charge in [0.05, 0.1) is 4.90 Å². The van der Waals surface area contributed by atoms with E-state index in [4.69, 9.17) is 0 Å². The molecule has 2 N–H and O–H groups in total. The molecule has 1 saturated heterocycles. The summed E-state index contributed by atoms with van der Waals surface area (Å²) in [5, 5.41) is 7.07. The zero-order valence-electron chi connectivity index (χ0n) is 17.4. The van der Waals surface area contributed by atoms with Crippen molar-refractivity contribution < 1.29 is 30.8 Å². The van der Waals surface area contributed by atoms with Crippen LogP contribution in [0.1, 0.15) is 16.2 Å². The highest BCUT2D eigenvalue weighted by molar-refractivity contribution is 7.89. The Labute approximate surface area is 191 Å². The number of amides is 1. The maximum absolute atomic E-state index is 13.1. The first-order valence-corrected chi connectivity index (χ1v) is 11.4. The normalized spacial score (nSPS) is 15.4. The van der Waals surface area contributed by atoms with Gasteiger partial charge in [0, 0.05) is 37.4 Å². The number of aromatic nitrogens is 3. The monoisotopic (exact) mass is 498 g/mol. The number of carbonyl (C=O) groups excluding carboxylic acids is 1. The number of rotatable bonds is 5. The second-order valence-corrected chi connectivity index (χ2v) is 9.29. The van der Waals surface area contributed by atoms with E-state index < -0.39 is 33.9 Å². The summed E-state index contributed by atoms with van der Waals surface area (Å²) in [6.07, 6.45) is -4.76. The van der Waals surface area contributed by atoms with E-state index in [2.05, 4.69) is 15.4 Å². The molecule has 1 aliphatic heterocycles. The van der Waals surface area contributed by atoms with Crippen molar-refractivity contribution in [3.63, 3.8) is 0 Å². The number of halogens is 4. The summed E-state index contributed by atoms with van der Waals surface area (Å²) in [6, 6.07) is 11.0. The van der Waals surface area contributed by atoms with Crippen LogP contribution < -0.4 is 10.2 Å². The molecule has 180 valence electrons. The zero-order chi connectivity index (χ0) is 24.5. The molecule has 9 nitrogen and oxygen atoms in total. The topological polar surface area (TPSA) is 111 Å². The van der Waals surface area contributed by atoms with Crippen LogP contribution in [-0.4, -0.2) is 60.0 Å². The van der Waals surface area contributed by atoms with Crippen molar-refractivity contribution in [2.75, 3.05) is 36.4 Å². The zero-order valence-corrected chi connectivity index (χ0v) is 18.2. The molecular weight excluding hydrogens is 480 g/mol. The number of hydrogen-bond acceptors (Lipinski definition) is 6. The minimum absolute atomic E-state index is 0.0932. The molecule has 0 radical (unpaired) electrons. The Hall–Kier alpha value is -3.52. The Morgan fingerprint density at radius 1 is 1.03 bits per heavy atom. The number of benzene rings is 2. The minimum atomic E-state index is -4.76. The van der Waals surface area contributed by atoms with Crippen molar-refractivity contribution in [3.8, 4) is 0 Å². The third-order valence-corrected chi connectivity index (χ3v) is 7.04. The quantitative estimate of drug-likeness (QED) is 0.524. The van der Waals surface area contributed by atoms with Gasteiger partial charge < -0.3 is 4.90 Å².